The molecule has 0 saturated heterocycles. The molecule has 2 aromatic heterocycles. The number of rotatable bonds is 6. The predicted molar refractivity (Wildman–Crippen MR) is 91.0 cm³/mol. The second-order valence-corrected chi connectivity index (χ2v) is 5.97. The number of anilines is 1. The molecule has 3 rings (SSSR count). The minimum Gasteiger partial charge on any atom is -0.497 e. The molecule has 1 aromatic carbocycles. The van der Waals surface area contributed by atoms with Gasteiger partial charge in [0.1, 0.15) is 5.75 Å². The standard InChI is InChI=1S/C16H18N4O2S/c1-3-4-5-14(21)17-15-18-16-20(19-15)13(10-23-16)11-6-8-12(22-2)9-7-11/h6-10H,3-5H2,1-2H3,(H,17,19,21). The summed E-state index contributed by atoms with van der Waals surface area (Å²) in [5.74, 6) is 1.12. The molecule has 2 heterocycles. The van der Waals surface area contributed by atoms with Gasteiger partial charge in [-0.25, -0.2) is 4.52 Å². The van der Waals surface area contributed by atoms with Crippen molar-refractivity contribution in [2.45, 2.75) is 26.2 Å². The van der Waals surface area contributed by atoms with Gasteiger partial charge in [-0.1, -0.05) is 13.3 Å². The van der Waals surface area contributed by atoms with E-state index in [4.69, 9.17) is 4.74 Å². The van der Waals surface area contributed by atoms with Crippen LogP contribution in [0.4, 0.5) is 5.95 Å². The number of methoxy groups -OCH3 is 1. The molecule has 0 spiro atoms. The number of carbonyl (C=O) groups is 1. The quantitative estimate of drug-likeness (QED) is 0.750. The molecule has 0 saturated carbocycles. The molecule has 1 amide bonds. The van der Waals surface area contributed by atoms with Crippen molar-refractivity contribution in [2.24, 2.45) is 0 Å². The monoisotopic (exact) mass is 330 g/mol. The van der Waals surface area contributed by atoms with Gasteiger partial charge in [-0.2, -0.15) is 4.98 Å². The number of aromatic nitrogens is 3. The first-order valence-electron chi connectivity index (χ1n) is 7.50. The number of nitrogens with zero attached hydrogens (tertiary/aromatic N) is 3. The Morgan fingerprint density at radius 1 is 1.35 bits per heavy atom. The average Bonchev–Trinajstić information content (AvgIpc) is 3.13. The Kier molecular flexibility index (Phi) is 4.57. The van der Waals surface area contributed by atoms with Crippen molar-refractivity contribution >= 4 is 28.2 Å². The fourth-order valence-corrected chi connectivity index (χ4v) is 3.05. The first-order chi connectivity index (χ1) is 11.2. The minimum atomic E-state index is -0.0453. The van der Waals surface area contributed by atoms with Crippen LogP contribution in [0.1, 0.15) is 26.2 Å². The molecule has 0 fully saturated rings. The van der Waals surface area contributed by atoms with Gasteiger partial charge in [0.05, 0.1) is 12.8 Å². The Balaban J connectivity index is 1.83. The van der Waals surface area contributed by atoms with Gasteiger partial charge in [0.25, 0.3) is 0 Å². The van der Waals surface area contributed by atoms with E-state index in [9.17, 15) is 4.79 Å². The zero-order chi connectivity index (χ0) is 16.2. The molecule has 3 aromatic rings. The molecular formula is C16H18N4O2S. The van der Waals surface area contributed by atoms with Gasteiger partial charge >= 0.3 is 0 Å². The lowest BCUT2D eigenvalue weighted by Gasteiger charge is -2.02. The summed E-state index contributed by atoms with van der Waals surface area (Å²) in [5.41, 5.74) is 1.96. The third-order valence-electron chi connectivity index (χ3n) is 3.48. The molecule has 7 heteroatoms. The molecule has 0 aliphatic rings. The van der Waals surface area contributed by atoms with Crippen molar-refractivity contribution in [1.82, 2.24) is 14.6 Å². The van der Waals surface area contributed by atoms with Crippen molar-refractivity contribution < 1.29 is 9.53 Å². The SMILES string of the molecule is CCCCC(=O)Nc1nc2scc(-c3ccc(OC)cc3)n2n1. The number of carbonyl (C=O) groups excluding carboxylic acids is 1. The van der Waals surface area contributed by atoms with Crippen molar-refractivity contribution in [1.29, 1.82) is 0 Å². The highest BCUT2D eigenvalue weighted by molar-refractivity contribution is 7.15. The van der Waals surface area contributed by atoms with Crippen LogP contribution in [-0.2, 0) is 4.79 Å². The van der Waals surface area contributed by atoms with Crippen LogP contribution in [0, 0.1) is 0 Å². The van der Waals surface area contributed by atoms with Crippen LogP contribution in [0.5, 0.6) is 5.75 Å². The number of benzene rings is 1. The highest BCUT2D eigenvalue weighted by Crippen LogP contribution is 2.27. The van der Waals surface area contributed by atoms with E-state index in [1.807, 2.05) is 29.6 Å². The normalized spacial score (nSPS) is 10.9. The van der Waals surface area contributed by atoms with Gasteiger partial charge in [-0.05, 0) is 30.7 Å². The summed E-state index contributed by atoms with van der Waals surface area (Å²) in [5, 5.41) is 9.15. The number of unbranched alkanes of at least 4 members (excludes halogenated alkanes) is 1. The highest BCUT2D eigenvalue weighted by Gasteiger charge is 2.13. The highest BCUT2D eigenvalue weighted by atomic mass is 32.1. The Morgan fingerprint density at radius 3 is 2.83 bits per heavy atom. The van der Waals surface area contributed by atoms with E-state index in [0.717, 1.165) is 34.8 Å². The van der Waals surface area contributed by atoms with Crippen LogP contribution in [0.25, 0.3) is 16.2 Å². The Labute approximate surface area is 138 Å². The van der Waals surface area contributed by atoms with E-state index in [1.54, 1.807) is 11.6 Å². The Hall–Kier alpha value is -2.41. The summed E-state index contributed by atoms with van der Waals surface area (Å²) in [4.78, 5) is 16.9. The van der Waals surface area contributed by atoms with Gasteiger partial charge in [0.2, 0.25) is 16.8 Å². The van der Waals surface area contributed by atoms with E-state index in [0.29, 0.717) is 12.4 Å². The number of thiazole rings is 1. The second-order valence-electron chi connectivity index (χ2n) is 5.13. The van der Waals surface area contributed by atoms with Crippen LogP contribution in [0.2, 0.25) is 0 Å². The molecule has 1 N–H and O–H groups in total. The minimum absolute atomic E-state index is 0.0453. The first kappa shape index (κ1) is 15.5. The van der Waals surface area contributed by atoms with Gasteiger partial charge in [-0.3, -0.25) is 10.1 Å². The van der Waals surface area contributed by atoms with E-state index >= 15 is 0 Å². The van der Waals surface area contributed by atoms with Gasteiger partial charge in [-0.15, -0.1) is 16.4 Å². The molecule has 6 nitrogen and oxygen atoms in total. The topological polar surface area (TPSA) is 68.5 Å². The third-order valence-corrected chi connectivity index (χ3v) is 4.29. The van der Waals surface area contributed by atoms with Gasteiger partial charge in [0.15, 0.2) is 0 Å². The van der Waals surface area contributed by atoms with Crippen molar-refractivity contribution in [3.63, 3.8) is 0 Å². The lowest BCUT2D eigenvalue weighted by atomic mass is 10.2. The number of amides is 1. The average molecular weight is 330 g/mol. The van der Waals surface area contributed by atoms with Crippen LogP contribution < -0.4 is 10.1 Å². The summed E-state index contributed by atoms with van der Waals surface area (Å²) in [7, 11) is 1.64. The van der Waals surface area contributed by atoms with Crippen molar-refractivity contribution in [2.75, 3.05) is 12.4 Å². The van der Waals surface area contributed by atoms with Crippen LogP contribution in [0.15, 0.2) is 29.6 Å². The Morgan fingerprint density at radius 2 is 2.13 bits per heavy atom. The molecule has 0 radical (unpaired) electrons. The maximum absolute atomic E-state index is 11.8. The number of hydrogen-bond donors (Lipinski definition) is 1. The smallest absolute Gasteiger partial charge is 0.250 e. The van der Waals surface area contributed by atoms with E-state index in [-0.39, 0.29) is 5.91 Å². The molecule has 120 valence electrons. The fourth-order valence-electron chi connectivity index (χ4n) is 2.22. The zero-order valence-corrected chi connectivity index (χ0v) is 13.9. The van der Waals surface area contributed by atoms with Crippen LogP contribution in [0.3, 0.4) is 0 Å². The van der Waals surface area contributed by atoms with E-state index < -0.39 is 0 Å². The summed E-state index contributed by atoms with van der Waals surface area (Å²) in [6.45, 7) is 2.05. The maximum atomic E-state index is 11.8. The number of nitrogens with one attached hydrogen (secondary N) is 1. The van der Waals surface area contributed by atoms with E-state index in [1.165, 1.54) is 11.3 Å². The van der Waals surface area contributed by atoms with Crippen LogP contribution >= 0.6 is 11.3 Å². The Bertz CT molecular complexity index is 807. The van der Waals surface area contributed by atoms with Gasteiger partial charge in [0, 0.05) is 17.4 Å². The van der Waals surface area contributed by atoms with E-state index in [2.05, 4.69) is 22.3 Å². The molecule has 0 bridgehead atoms. The summed E-state index contributed by atoms with van der Waals surface area (Å²) >= 11 is 1.49. The number of ether oxygens (including phenoxy) is 1. The number of fused-ring (bicyclic) bond motifs is 1. The largest absolute Gasteiger partial charge is 0.497 e. The molecule has 0 atom stereocenters. The molecular weight excluding hydrogens is 312 g/mol. The molecule has 0 aliphatic heterocycles. The van der Waals surface area contributed by atoms with Crippen LogP contribution in [-0.4, -0.2) is 27.6 Å². The zero-order valence-electron chi connectivity index (χ0n) is 13.1. The van der Waals surface area contributed by atoms with Crippen molar-refractivity contribution in [3.05, 3.63) is 29.6 Å². The predicted octanol–water partition coefficient (Wildman–Crippen LogP) is 3.60. The fraction of sp³-hybridized carbons (Fsp3) is 0.312. The third kappa shape index (κ3) is 3.34. The lowest BCUT2D eigenvalue weighted by molar-refractivity contribution is -0.116. The second kappa shape index (κ2) is 6.78. The number of hydrogen-bond acceptors (Lipinski definition) is 5. The summed E-state index contributed by atoms with van der Waals surface area (Å²) < 4.78 is 6.93. The molecule has 23 heavy (non-hydrogen) atoms. The summed E-state index contributed by atoms with van der Waals surface area (Å²) in [6, 6.07) is 7.76. The molecule has 0 unspecified atom stereocenters. The van der Waals surface area contributed by atoms with Gasteiger partial charge < -0.3 is 4.74 Å². The van der Waals surface area contributed by atoms with Crippen molar-refractivity contribution in [3.8, 4) is 17.0 Å². The summed E-state index contributed by atoms with van der Waals surface area (Å²) in [6.07, 6.45) is 2.35. The maximum Gasteiger partial charge on any atom is 0.250 e. The molecule has 0 aliphatic carbocycles. The first-order valence-corrected chi connectivity index (χ1v) is 8.37. The lowest BCUT2D eigenvalue weighted by Crippen LogP contribution is -2.12.